The van der Waals surface area contributed by atoms with E-state index in [1.54, 1.807) is 30.3 Å². The number of aromatic carboxylic acids is 1. The second-order valence-corrected chi connectivity index (χ2v) is 3.57. The second kappa shape index (κ2) is 4.70. The van der Waals surface area contributed by atoms with Gasteiger partial charge in [0.1, 0.15) is 17.7 Å². The fourth-order valence-electron chi connectivity index (χ4n) is 1.60. The number of benzene rings is 1. The van der Waals surface area contributed by atoms with Gasteiger partial charge in [0.2, 0.25) is 0 Å². The molecular weight excluding hydrogens is 238 g/mol. The predicted octanol–water partition coefficient (Wildman–Crippen LogP) is 1.67. The van der Waals surface area contributed by atoms with Crippen molar-refractivity contribution in [2.75, 3.05) is 0 Å². The van der Waals surface area contributed by atoms with E-state index in [1.165, 1.54) is 0 Å². The Morgan fingerprint density at radius 3 is 2.39 bits per heavy atom. The van der Waals surface area contributed by atoms with Crippen LogP contribution in [0.4, 0.5) is 0 Å². The van der Waals surface area contributed by atoms with Gasteiger partial charge in [0.25, 0.3) is 0 Å². The summed E-state index contributed by atoms with van der Waals surface area (Å²) >= 11 is 0. The highest BCUT2D eigenvalue weighted by atomic mass is 16.5. The zero-order valence-corrected chi connectivity index (χ0v) is 9.16. The normalized spacial score (nSPS) is 10.2. The molecular formula is C12H9NO5. The Labute approximate surface area is 101 Å². The molecule has 0 amide bonds. The lowest BCUT2D eigenvalue weighted by Crippen LogP contribution is -2.06. The summed E-state index contributed by atoms with van der Waals surface area (Å²) in [5, 5.41) is 21.4. The van der Waals surface area contributed by atoms with Crippen molar-refractivity contribution in [2.45, 2.75) is 6.42 Å². The van der Waals surface area contributed by atoms with Gasteiger partial charge in [-0.15, -0.1) is 0 Å². The molecule has 92 valence electrons. The summed E-state index contributed by atoms with van der Waals surface area (Å²) in [4.78, 5) is 21.8. The Balaban J connectivity index is 2.52. The Bertz CT molecular complexity index is 588. The fraction of sp³-hybridized carbons (Fsp3) is 0.0833. The molecule has 0 unspecified atom stereocenters. The molecule has 1 aromatic heterocycles. The maximum atomic E-state index is 11.2. The van der Waals surface area contributed by atoms with E-state index in [9.17, 15) is 9.59 Å². The molecule has 2 rings (SSSR count). The molecule has 2 N–H and O–H groups in total. The van der Waals surface area contributed by atoms with E-state index in [0.717, 1.165) is 0 Å². The maximum Gasteiger partial charge on any atom is 0.341 e. The van der Waals surface area contributed by atoms with Crippen LogP contribution in [0.25, 0.3) is 11.3 Å². The average Bonchev–Trinajstić information content (AvgIpc) is 2.73. The van der Waals surface area contributed by atoms with Gasteiger partial charge >= 0.3 is 11.9 Å². The highest BCUT2D eigenvalue weighted by Crippen LogP contribution is 2.25. The minimum absolute atomic E-state index is 0.138. The number of rotatable bonds is 4. The Morgan fingerprint density at radius 2 is 1.83 bits per heavy atom. The zero-order valence-electron chi connectivity index (χ0n) is 9.16. The lowest BCUT2D eigenvalue weighted by atomic mass is 10.1. The third kappa shape index (κ3) is 2.22. The van der Waals surface area contributed by atoms with Gasteiger partial charge in [-0.1, -0.05) is 35.5 Å². The van der Waals surface area contributed by atoms with Crippen LogP contribution in [0.2, 0.25) is 0 Å². The van der Waals surface area contributed by atoms with Crippen molar-refractivity contribution in [2.24, 2.45) is 0 Å². The third-order valence-electron chi connectivity index (χ3n) is 2.34. The van der Waals surface area contributed by atoms with E-state index in [0.29, 0.717) is 5.56 Å². The molecule has 0 aliphatic heterocycles. The van der Waals surface area contributed by atoms with Crippen LogP contribution in [0.3, 0.4) is 0 Å². The highest BCUT2D eigenvalue weighted by molar-refractivity contribution is 5.96. The number of carbonyl (C=O) groups is 2. The smallest absolute Gasteiger partial charge is 0.341 e. The van der Waals surface area contributed by atoms with Crippen LogP contribution in [0.1, 0.15) is 16.1 Å². The molecule has 6 nitrogen and oxygen atoms in total. The molecule has 1 aromatic carbocycles. The monoisotopic (exact) mass is 247 g/mol. The second-order valence-electron chi connectivity index (χ2n) is 3.57. The minimum atomic E-state index is -1.26. The van der Waals surface area contributed by atoms with E-state index in [-0.39, 0.29) is 17.0 Å². The van der Waals surface area contributed by atoms with Gasteiger partial charge in [0.15, 0.2) is 5.76 Å². The van der Waals surface area contributed by atoms with Crippen molar-refractivity contribution in [3.05, 3.63) is 41.7 Å². The van der Waals surface area contributed by atoms with Crippen LogP contribution in [0.15, 0.2) is 34.9 Å². The van der Waals surface area contributed by atoms with Crippen molar-refractivity contribution < 1.29 is 24.3 Å². The zero-order chi connectivity index (χ0) is 13.1. The van der Waals surface area contributed by atoms with Crippen LogP contribution in [-0.4, -0.2) is 27.3 Å². The summed E-state index contributed by atoms with van der Waals surface area (Å²) in [6, 6.07) is 8.59. The van der Waals surface area contributed by atoms with E-state index in [1.807, 2.05) is 0 Å². The average molecular weight is 247 g/mol. The van der Waals surface area contributed by atoms with Gasteiger partial charge < -0.3 is 14.7 Å². The molecule has 0 saturated heterocycles. The number of carboxylic acid groups (broad SMARTS) is 2. The number of aromatic nitrogens is 1. The fourth-order valence-corrected chi connectivity index (χ4v) is 1.60. The first-order chi connectivity index (χ1) is 8.59. The van der Waals surface area contributed by atoms with Crippen molar-refractivity contribution in [1.82, 2.24) is 5.16 Å². The number of hydrogen-bond acceptors (Lipinski definition) is 4. The van der Waals surface area contributed by atoms with Gasteiger partial charge in [-0.3, -0.25) is 4.79 Å². The molecule has 0 fully saturated rings. The standard InChI is InChI=1S/C12H9NO5/c14-9(15)6-8-10(12(16)17)11(13-18-8)7-4-2-1-3-5-7/h1-5H,6H2,(H,14,15)(H,16,17). The number of nitrogens with zero attached hydrogens (tertiary/aromatic N) is 1. The van der Waals surface area contributed by atoms with Crippen LogP contribution in [-0.2, 0) is 11.2 Å². The highest BCUT2D eigenvalue weighted by Gasteiger charge is 2.24. The van der Waals surface area contributed by atoms with Crippen LogP contribution in [0, 0.1) is 0 Å². The summed E-state index contributed by atoms with van der Waals surface area (Å²) in [5.41, 5.74) is 0.498. The van der Waals surface area contributed by atoms with Gasteiger partial charge in [-0.05, 0) is 0 Å². The van der Waals surface area contributed by atoms with Crippen LogP contribution in [0.5, 0.6) is 0 Å². The van der Waals surface area contributed by atoms with E-state index < -0.39 is 18.4 Å². The van der Waals surface area contributed by atoms with E-state index in [2.05, 4.69) is 5.16 Å². The van der Waals surface area contributed by atoms with Gasteiger partial charge in [0.05, 0.1) is 0 Å². The molecule has 1 heterocycles. The minimum Gasteiger partial charge on any atom is -0.481 e. The maximum absolute atomic E-state index is 11.2. The SMILES string of the molecule is O=C(O)Cc1onc(-c2ccccc2)c1C(=O)O. The van der Waals surface area contributed by atoms with E-state index in [4.69, 9.17) is 14.7 Å². The molecule has 0 saturated carbocycles. The summed E-state index contributed by atoms with van der Waals surface area (Å²) in [6.07, 6.45) is -0.512. The molecule has 6 heteroatoms. The first-order valence-corrected chi connectivity index (χ1v) is 5.08. The molecule has 0 spiro atoms. The quantitative estimate of drug-likeness (QED) is 0.852. The number of aliphatic carboxylic acids is 1. The third-order valence-corrected chi connectivity index (χ3v) is 2.34. The van der Waals surface area contributed by atoms with Crippen molar-refractivity contribution in [3.8, 4) is 11.3 Å². The first kappa shape index (κ1) is 11.8. The van der Waals surface area contributed by atoms with E-state index >= 15 is 0 Å². The molecule has 2 aromatic rings. The summed E-state index contributed by atoms with van der Waals surface area (Å²) in [5.74, 6) is -2.59. The lowest BCUT2D eigenvalue weighted by molar-refractivity contribution is -0.136. The molecule has 0 aliphatic rings. The van der Waals surface area contributed by atoms with Gasteiger partial charge in [-0.25, -0.2) is 4.79 Å². The topological polar surface area (TPSA) is 101 Å². The Morgan fingerprint density at radius 1 is 1.17 bits per heavy atom. The predicted molar refractivity (Wildman–Crippen MR) is 60.2 cm³/mol. The molecule has 0 atom stereocenters. The summed E-state index contributed by atoms with van der Waals surface area (Å²) in [7, 11) is 0. The van der Waals surface area contributed by atoms with Crippen molar-refractivity contribution >= 4 is 11.9 Å². The molecule has 18 heavy (non-hydrogen) atoms. The van der Waals surface area contributed by atoms with Crippen molar-refractivity contribution in [1.29, 1.82) is 0 Å². The summed E-state index contributed by atoms with van der Waals surface area (Å²) in [6.45, 7) is 0. The number of carboxylic acids is 2. The summed E-state index contributed by atoms with van der Waals surface area (Å²) < 4.78 is 4.81. The molecule has 0 aliphatic carbocycles. The Hall–Kier alpha value is -2.63. The van der Waals surface area contributed by atoms with Crippen LogP contribution >= 0.6 is 0 Å². The molecule has 0 bridgehead atoms. The Kier molecular flexibility index (Phi) is 3.09. The first-order valence-electron chi connectivity index (χ1n) is 5.08. The lowest BCUT2D eigenvalue weighted by Gasteiger charge is -1.97. The number of hydrogen-bond donors (Lipinski definition) is 2. The van der Waals surface area contributed by atoms with Gasteiger partial charge in [-0.2, -0.15) is 0 Å². The van der Waals surface area contributed by atoms with Gasteiger partial charge in [0, 0.05) is 5.56 Å². The molecule has 0 radical (unpaired) electrons. The van der Waals surface area contributed by atoms with Crippen LogP contribution < -0.4 is 0 Å². The van der Waals surface area contributed by atoms with Crippen molar-refractivity contribution in [3.63, 3.8) is 0 Å². The largest absolute Gasteiger partial charge is 0.481 e.